The van der Waals surface area contributed by atoms with Crippen LogP contribution in [-0.2, 0) is 22.5 Å². The molecule has 1 amide bonds. The van der Waals surface area contributed by atoms with Gasteiger partial charge in [-0.15, -0.1) is 11.3 Å². The number of aromatic nitrogens is 3. The SMILES string of the molecule is Cc1sc(NC(=O)CN2CCOCCOc3ccc(-c4cncnc4)cc3Cc3cccc(c3)C2)nc1-c1ccc(F)cc1. The summed E-state index contributed by atoms with van der Waals surface area (Å²) in [7, 11) is 0. The molecule has 0 fully saturated rings. The van der Waals surface area contributed by atoms with Crippen LogP contribution in [0.1, 0.15) is 21.6 Å². The molecule has 0 unspecified atom stereocenters. The van der Waals surface area contributed by atoms with E-state index in [-0.39, 0.29) is 18.3 Å². The maximum Gasteiger partial charge on any atom is 0.240 e. The van der Waals surface area contributed by atoms with Crippen LogP contribution in [0.3, 0.4) is 0 Å². The summed E-state index contributed by atoms with van der Waals surface area (Å²) >= 11 is 1.40. The molecule has 44 heavy (non-hydrogen) atoms. The predicted molar refractivity (Wildman–Crippen MR) is 169 cm³/mol. The van der Waals surface area contributed by atoms with E-state index < -0.39 is 0 Å². The molecule has 1 aliphatic heterocycles. The minimum absolute atomic E-state index is 0.156. The molecule has 2 bridgehead atoms. The fourth-order valence-corrected chi connectivity index (χ4v) is 6.06. The summed E-state index contributed by atoms with van der Waals surface area (Å²) in [5.41, 5.74) is 6.84. The van der Waals surface area contributed by atoms with Crippen LogP contribution in [-0.4, -0.2) is 58.7 Å². The molecule has 6 rings (SSSR count). The smallest absolute Gasteiger partial charge is 0.240 e. The van der Waals surface area contributed by atoms with Gasteiger partial charge in [-0.2, -0.15) is 0 Å². The van der Waals surface area contributed by atoms with Crippen LogP contribution >= 0.6 is 11.3 Å². The number of nitrogens with one attached hydrogen (secondary N) is 1. The zero-order valence-corrected chi connectivity index (χ0v) is 25.1. The van der Waals surface area contributed by atoms with Gasteiger partial charge in [0.25, 0.3) is 0 Å². The summed E-state index contributed by atoms with van der Waals surface area (Å²) in [6.45, 7) is 4.60. The minimum Gasteiger partial charge on any atom is -0.491 e. The highest BCUT2D eigenvalue weighted by molar-refractivity contribution is 7.16. The molecule has 3 heterocycles. The van der Waals surface area contributed by atoms with Gasteiger partial charge in [-0.25, -0.2) is 19.3 Å². The molecule has 0 saturated heterocycles. The first kappa shape index (κ1) is 29.6. The molecule has 0 saturated carbocycles. The van der Waals surface area contributed by atoms with Gasteiger partial charge in [0.2, 0.25) is 5.91 Å². The Morgan fingerprint density at radius 1 is 0.955 bits per heavy atom. The third-order valence-electron chi connectivity index (χ3n) is 7.31. The van der Waals surface area contributed by atoms with Crippen molar-refractivity contribution in [1.82, 2.24) is 19.9 Å². The molecule has 10 heteroatoms. The quantitative estimate of drug-likeness (QED) is 0.256. The molecule has 2 aromatic heterocycles. The number of carbonyl (C=O) groups excluding carboxylic acids is 1. The summed E-state index contributed by atoms with van der Waals surface area (Å²) < 4.78 is 25.4. The van der Waals surface area contributed by atoms with E-state index in [1.807, 2.05) is 19.1 Å². The lowest BCUT2D eigenvalue weighted by Crippen LogP contribution is -2.35. The van der Waals surface area contributed by atoms with Crippen molar-refractivity contribution < 1.29 is 18.7 Å². The second-order valence-corrected chi connectivity index (χ2v) is 11.8. The van der Waals surface area contributed by atoms with Crippen molar-refractivity contribution >= 4 is 22.4 Å². The van der Waals surface area contributed by atoms with Crippen molar-refractivity contribution in [3.05, 3.63) is 113 Å². The number of anilines is 1. The molecular weight excluding hydrogens is 577 g/mol. The van der Waals surface area contributed by atoms with Crippen molar-refractivity contribution in [3.63, 3.8) is 0 Å². The number of halogens is 1. The Bertz CT molecular complexity index is 1730. The number of aryl methyl sites for hydroxylation is 1. The van der Waals surface area contributed by atoms with Crippen LogP contribution in [0, 0.1) is 12.7 Å². The third kappa shape index (κ3) is 7.52. The van der Waals surface area contributed by atoms with E-state index in [4.69, 9.17) is 9.47 Å². The first-order valence-corrected chi connectivity index (χ1v) is 15.2. The monoisotopic (exact) mass is 609 g/mol. The average Bonchev–Trinajstić information content (AvgIpc) is 3.39. The van der Waals surface area contributed by atoms with Gasteiger partial charge in [0.05, 0.1) is 25.5 Å². The Hall–Kier alpha value is -4.51. The second-order valence-electron chi connectivity index (χ2n) is 10.6. The average molecular weight is 610 g/mol. The van der Waals surface area contributed by atoms with E-state index in [1.165, 1.54) is 29.8 Å². The van der Waals surface area contributed by atoms with Crippen LogP contribution in [0.2, 0.25) is 0 Å². The Labute approximate surface area is 259 Å². The molecule has 0 atom stereocenters. The number of nitrogens with zero attached hydrogens (tertiary/aromatic N) is 4. The third-order valence-corrected chi connectivity index (χ3v) is 8.20. The molecule has 1 N–H and O–H groups in total. The lowest BCUT2D eigenvalue weighted by atomic mass is 9.98. The lowest BCUT2D eigenvalue weighted by Gasteiger charge is -2.22. The summed E-state index contributed by atoms with van der Waals surface area (Å²) in [6, 6.07) is 20.8. The zero-order chi connectivity index (χ0) is 30.3. The van der Waals surface area contributed by atoms with Crippen molar-refractivity contribution in [2.75, 3.05) is 38.2 Å². The molecule has 8 nitrogen and oxygen atoms in total. The topological polar surface area (TPSA) is 89.5 Å². The largest absolute Gasteiger partial charge is 0.491 e. The van der Waals surface area contributed by atoms with Crippen LogP contribution in [0.25, 0.3) is 22.4 Å². The van der Waals surface area contributed by atoms with Crippen molar-refractivity contribution in [3.8, 4) is 28.1 Å². The van der Waals surface area contributed by atoms with E-state index in [0.717, 1.165) is 49.7 Å². The minimum atomic E-state index is -0.299. The second kappa shape index (κ2) is 13.9. The summed E-state index contributed by atoms with van der Waals surface area (Å²) in [5.74, 6) is 0.373. The van der Waals surface area contributed by atoms with Gasteiger partial charge in [0, 0.05) is 47.9 Å². The zero-order valence-electron chi connectivity index (χ0n) is 24.3. The van der Waals surface area contributed by atoms with E-state index in [0.29, 0.717) is 44.5 Å². The number of fused-ring (bicyclic) bond motifs is 3. The van der Waals surface area contributed by atoms with Crippen LogP contribution < -0.4 is 10.1 Å². The molecule has 5 aromatic rings. The van der Waals surface area contributed by atoms with Gasteiger partial charge in [-0.3, -0.25) is 9.69 Å². The fraction of sp³-hybridized carbons (Fsp3) is 0.235. The molecular formula is C34H32FN5O3S. The molecule has 0 aliphatic carbocycles. The number of hydrogen-bond acceptors (Lipinski definition) is 8. The van der Waals surface area contributed by atoms with E-state index in [1.54, 1.807) is 24.5 Å². The van der Waals surface area contributed by atoms with Crippen LogP contribution in [0.15, 0.2) is 85.5 Å². The highest BCUT2D eigenvalue weighted by atomic mass is 32.1. The number of thiazole rings is 1. The van der Waals surface area contributed by atoms with Crippen LogP contribution in [0.5, 0.6) is 5.75 Å². The Morgan fingerprint density at radius 2 is 1.75 bits per heavy atom. The van der Waals surface area contributed by atoms with Crippen molar-refractivity contribution in [1.29, 1.82) is 0 Å². The van der Waals surface area contributed by atoms with Gasteiger partial charge in [-0.05, 0) is 65.6 Å². The van der Waals surface area contributed by atoms with Crippen molar-refractivity contribution in [2.45, 2.75) is 19.9 Å². The van der Waals surface area contributed by atoms with Gasteiger partial charge >= 0.3 is 0 Å². The van der Waals surface area contributed by atoms with Crippen molar-refractivity contribution in [2.24, 2.45) is 0 Å². The highest BCUT2D eigenvalue weighted by Crippen LogP contribution is 2.31. The van der Waals surface area contributed by atoms with Crippen LogP contribution in [0.4, 0.5) is 9.52 Å². The first-order valence-electron chi connectivity index (χ1n) is 14.4. The molecule has 1 aliphatic rings. The maximum absolute atomic E-state index is 13.4. The van der Waals surface area contributed by atoms with Gasteiger partial charge in [0.15, 0.2) is 5.13 Å². The highest BCUT2D eigenvalue weighted by Gasteiger charge is 2.17. The summed E-state index contributed by atoms with van der Waals surface area (Å²) in [5, 5.41) is 3.47. The summed E-state index contributed by atoms with van der Waals surface area (Å²) in [4.78, 5) is 29.1. The normalized spacial score (nSPS) is 14.2. The molecule has 3 aromatic carbocycles. The lowest BCUT2D eigenvalue weighted by molar-refractivity contribution is -0.117. The number of ether oxygens (including phenoxy) is 2. The van der Waals surface area contributed by atoms with E-state index >= 15 is 0 Å². The summed E-state index contributed by atoms with van der Waals surface area (Å²) in [6.07, 6.45) is 5.82. The molecule has 0 radical (unpaired) electrons. The number of benzene rings is 3. The fourth-order valence-electron chi connectivity index (χ4n) is 5.21. The Morgan fingerprint density at radius 3 is 2.59 bits per heavy atom. The molecule has 224 valence electrons. The van der Waals surface area contributed by atoms with E-state index in [9.17, 15) is 9.18 Å². The number of carbonyl (C=O) groups is 1. The van der Waals surface area contributed by atoms with E-state index in [2.05, 4.69) is 55.5 Å². The number of hydrogen-bond donors (Lipinski definition) is 1. The number of amides is 1. The first-order chi connectivity index (χ1) is 21.5. The van der Waals surface area contributed by atoms with Gasteiger partial charge < -0.3 is 14.8 Å². The van der Waals surface area contributed by atoms with Gasteiger partial charge in [0.1, 0.15) is 24.5 Å². The number of rotatable bonds is 5. The predicted octanol–water partition coefficient (Wildman–Crippen LogP) is 6.16. The van der Waals surface area contributed by atoms with Gasteiger partial charge in [-0.1, -0.05) is 30.3 Å². The Kier molecular flexibility index (Phi) is 9.31. The molecule has 0 spiro atoms. The Balaban J connectivity index is 1.17. The standard InChI is InChI=1S/C34H32FN5O3S/c1-23-33(26-5-8-30(35)9-6-26)39-34(44-23)38-32(41)21-40-11-12-42-13-14-43-31-10-7-27(29-18-36-22-37-19-29)17-28(31)16-24-3-2-4-25(15-24)20-40/h2-10,15,17-19,22H,11-14,16,20-21H2,1H3,(H,38,39,41). The maximum atomic E-state index is 13.4.